The fourth-order valence-corrected chi connectivity index (χ4v) is 4.25. The number of nitrogens with zero attached hydrogens (tertiary/aromatic N) is 4. The van der Waals surface area contributed by atoms with Gasteiger partial charge in [0.1, 0.15) is 12.4 Å². The van der Waals surface area contributed by atoms with Crippen LogP contribution in [0.5, 0.6) is 0 Å². The molecular formula is C24H30N6O2. The minimum absolute atomic E-state index is 0.0961. The number of hydrogen-bond acceptors (Lipinski definition) is 6. The number of benzene rings is 2. The van der Waals surface area contributed by atoms with Gasteiger partial charge in [-0.1, -0.05) is 60.7 Å². The SMILES string of the molecule is CC(NC1(CNC(=O)C(Cc2ccccc2)n2cnnn2)CCOCC1)c1ccccc1. The van der Waals surface area contributed by atoms with Crippen LogP contribution in [0, 0.1) is 0 Å². The van der Waals surface area contributed by atoms with Gasteiger partial charge in [-0.2, -0.15) is 0 Å². The van der Waals surface area contributed by atoms with E-state index in [1.807, 2.05) is 48.5 Å². The fraction of sp³-hybridized carbons (Fsp3) is 0.417. The van der Waals surface area contributed by atoms with E-state index >= 15 is 0 Å². The van der Waals surface area contributed by atoms with E-state index in [2.05, 4.69) is 45.2 Å². The minimum atomic E-state index is -0.518. The van der Waals surface area contributed by atoms with Gasteiger partial charge in [-0.05, 0) is 41.3 Å². The van der Waals surface area contributed by atoms with Crippen LogP contribution < -0.4 is 10.6 Å². The Hall–Kier alpha value is -3.10. The van der Waals surface area contributed by atoms with E-state index < -0.39 is 6.04 Å². The first kappa shape index (κ1) is 22.1. The highest BCUT2D eigenvalue weighted by atomic mass is 16.5. The maximum absolute atomic E-state index is 13.3. The van der Waals surface area contributed by atoms with Crippen LogP contribution in [-0.4, -0.2) is 51.4 Å². The largest absolute Gasteiger partial charge is 0.381 e. The third-order valence-corrected chi connectivity index (χ3v) is 6.13. The molecule has 0 radical (unpaired) electrons. The number of hydrogen-bond donors (Lipinski definition) is 2. The molecule has 168 valence electrons. The molecule has 0 bridgehead atoms. The summed E-state index contributed by atoms with van der Waals surface area (Å²) in [6, 6.07) is 19.9. The second kappa shape index (κ2) is 10.5. The lowest BCUT2D eigenvalue weighted by Gasteiger charge is -2.41. The Balaban J connectivity index is 1.46. The van der Waals surface area contributed by atoms with Gasteiger partial charge in [-0.15, -0.1) is 5.10 Å². The molecule has 0 saturated carbocycles. The maximum atomic E-state index is 13.3. The third kappa shape index (κ3) is 5.57. The normalized spacial score (nSPS) is 17.4. The van der Waals surface area contributed by atoms with E-state index in [1.54, 1.807) is 0 Å². The molecule has 2 N–H and O–H groups in total. The lowest BCUT2D eigenvalue weighted by atomic mass is 9.88. The Bertz CT molecular complexity index is 959. The van der Waals surface area contributed by atoms with Crippen LogP contribution >= 0.6 is 0 Å². The van der Waals surface area contributed by atoms with E-state index in [-0.39, 0.29) is 17.5 Å². The molecule has 1 amide bonds. The topological polar surface area (TPSA) is 94.0 Å². The maximum Gasteiger partial charge on any atom is 0.245 e. The van der Waals surface area contributed by atoms with Crippen molar-refractivity contribution in [1.29, 1.82) is 0 Å². The van der Waals surface area contributed by atoms with Crippen molar-refractivity contribution in [2.45, 2.75) is 43.8 Å². The number of rotatable bonds is 9. The first-order valence-electron chi connectivity index (χ1n) is 11.1. The smallest absolute Gasteiger partial charge is 0.245 e. The van der Waals surface area contributed by atoms with Crippen molar-refractivity contribution in [3.05, 3.63) is 78.1 Å². The molecular weight excluding hydrogens is 404 g/mol. The van der Waals surface area contributed by atoms with Gasteiger partial charge in [0.2, 0.25) is 5.91 Å². The molecule has 2 atom stereocenters. The van der Waals surface area contributed by atoms with Crippen molar-refractivity contribution < 1.29 is 9.53 Å². The summed E-state index contributed by atoms with van der Waals surface area (Å²) in [7, 11) is 0. The molecule has 2 aromatic carbocycles. The van der Waals surface area contributed by atoms with Gasteiger partial charge in [0.05, 0.1) is 0 Å². The van der Waals surface area contributed by atoms with Crippen molar-refractivity contribution in [2.75, 3.05) is 19.8 Å². The zero-order chi connectivity index (χ0) is 22.2. The molecule has 1 saturated heterocycles. The number of tetrazole rings is 1. The van der Waals surface area contributed by atoms with Crippen LogP contribution in [0.15, 0.2) is 67.0 Å². The van der Waals surface area contributed by atoms with E-state index in [4.69, 9.17) is 4.74 Å². The van der Waals surface area contributed by atoms with Crippen LogP contribution in [0.2, 0.25) is 0 Å². The van der Waals surface area contributed by atoms with Gasteiger partial charge < -0.3 is 15.4 Å². The van der Waals surface area contributed by atoms with Gasteiger partial charge in [-0.3, -0.25) is 4.79 Å². The zero-order valence-corrected chi connectivity index (χ0v) is 18.4. The average molecular weight is 435 g/mol. The summed E-state index contributed by atoms with van der Waals surface area (Å²) in [5.74, 6) is -0.0961. The second-order valence-electron chi connectivity index (χ2n) is 8.38. The Morgan fingerprint density at radius 3 is 2.44 bits per heavy atom. The molecule has 2 heterocycles. The van der Waals surface area contributed by atoms with Gasteiger partial charge in [0.15, 0.2) is 0 Å². The Morgan fingerprint density at radius 2 is 1.78 bits per heavy atom. The molecule has 0 aliphatic carbocycles. The Labute approximate surface area is 188 Å². The number of nitrogens with one attached hydrogen (secondary N) is 2. The summed E-state index contributed by atoms with van der Waals surface area (Å²) in [6.07, 6.45) is 3.67. The molecule has 1 aliphatic heterocycles. The highest BCUT2D eigenvalue weighted by Gasteiger charge is 2.35. The van der Waals surface area contributed by atoms with Crippen molar-refractivity contribution in [1.82, 2.24) is 30.8 Å². The summed E-state index contributed by atoms with van der Waals surface area (Å²) >= 11 is 0. The number of amides is 1. The van der Waals surface area contributed by atoms with Crippen molar-refractivity contribution in [3.8, 4) is 0 Å². The van der Waals surface area contributed by atoms with Crippen LogP contribution in [0.4, 0.5) is 0 Å². The van der Waals surface area contributed by atoms with Crippen molar-refractivity contribution in [3.63, 3.8) is 0 Å². The molecule has 2 unspecified atom stereocenters. The van der Waals surface area contributed by atoms with E-state index in [9.17, 15) is 4.79 Å². The van der Waals surface area contributed by atoms with Gasteiger partial charge in [-0.25, -0.2) is 4.68 Å². The van der Waals surface area contributed by atoms with Gasteiger partial charge in [0.25, 0.3) is 0 Å². The highest BCUT2D eigenvalue weighted by Crippen LogP contribution is 2.25. The average Bonchev–Trinajstić information content (AvgIpc) is 3.37. The van der Waals surface area contributed by atoms with Gasteiger partial charge in [0, 0.05) is 37.8 Å². The quantitative estimate of drug-likeness (QED) is 0.537. The molecule has 1 aliphatic rings. The van der Waals surface area contributed by atoms with Gasteiger partial charge >= 0.3 is 0 Å². The summed E-state index contributed by atoms with van der Waals surface area (Å²) < 4.78 is 7.15. The molecule has 8 heteroatoms. The van der Waals surface area contributed by atoms with Crippen LogP contribution in [0.25, 0.3) is 0 Å². The lowest BCUT2D eigenvalue weighted by Crippen LogP contribution is -2.57. The zero-order valence-electron chi connectivity index (χ0n) is 18.4. The number of carbonyl (C=O) groups excluding carboxylic acids is 1. The molecule has 32 heavy (non-hydrogen) atoms. The highest BCUT2D eigenvalue weighted by molar-refractivity contribution is 5.80. The van der Waals surface area contributed by atoms with Crippen LogP contribution in [-0.2, 0) is 16.0 Å². The molecule has 1 aromatic heterocycles. The summed E-state index contributed by atoms with van der Waals surface area (Å²) in [6.45, 7) is 4.02. The van der Waals surface area contributed by atoms with Crippen molar-refractivity contribution >= 4 is 5.91 Å². The molecule has 1 fully saturated rings. The molecule has 0 spiro atoms. The molecule has 3 aromatic rings. The third-order valence-electron chi connectivity index (χ3n) is 6.13. The van der Waals surface area contributed by atoms with E-state index in [0.29, 0.717) is 26.2 Å². The standard InChI is InChI=1S/C24H30N6O2/c1-19(21-10-6-3-7-11-21)27-24(12-14-32-15-13-24)17-25-23(31)22(30-18-26-28-29-30)16-20-8-4-2-5-9-20/h2-11,18-19,22,27H,12-17H2,1H3,(H,25,31). The Kier molecular flexibility index (Phi) is 7.24. The van der Waals surface area contributed by atoms with E-state index in [1.165, 1.54) is 16.6 Å². The monoisotopic (exact) mass is 434 g/mol. The van der Waals surface area contributed by atoms with E-state index in [0.717, 1.165) is 18.4 Å². The predicted octanol–water partition coefficient (Wildman–Crippen LogP) is 2.47. The first-order chi connectivity index (χ1) is 15.7. The summed E-state index contributed by atoms with van der Waals surface area (Å²) in [5, 5.41) is 18.4. The van der Waals surface area contributed by atoms with Crippen LogP contribution in [0.1, 0.15) is 43.0 Å². The number of carbonyl (C=O) groups is 1. The lowest BCUT2D eigenvalue weighted by molar-refractivity contribution is -0.125. The second-order valence-corrected chi connectivity index (χ2v) is 8.38. The number of aromatic nitrogens is 4. The van der Waals surface area contributed by atoms with Crippen LogP contribution in [0.3, 0.4) is 0 Å². The minimum Gasteiger partial charge on any atom is -0.381 e. The molecule has 8 nitrogen and oxygen atoms in total. The summed E-state index contributed by atoms with van der Waals surface area (Å²) in [5.41, 5.74) is 2.04. The number of ether oxygens (including phenoxy) is 1. The fourth-order valence-electron chi connectivity index (χ4n) is 4.25. The predicted molar refractivity (Wildman–Crippen MR) is 121 cm³/mol. The first-order valence-corrected chi connectivity index (χ1v) is 11.1. The molecule has 4 rings (SSSR count). The summed E-state index contributed by atoms with van der Waals surface area (Å²) in [4.78, 5) is 13.3. The van der Waals surface area contributed by atoms with Crippen molar-refractivity contribution in [2.24, 2.45) is 0 Å². The Morgan fingerprint density at radius 1 is 1.09 bits per heavy atom.